The van der Waals surface area contributed by atoms with Gasteiger partial charge in [0.1, 0.15) is 0 Å². The van der Waals surface area contributed by atoms with Gasteiger partial charge in [0.15, 0.2) is 5.96 Å². The number of ether oxygens (including phenoxy) is 1. The van der Waals surface area contributed by atoms with Gasteiger partial charge in [0.25, 0.3) is 0 Å². The summed E-state index contributed by atoms with van der Waals surface area (Å²) >= 11 is 0. The third-order valence-corrected chi connectivity index (χ3v) is 3.48. The van der Waals surface area contributed by atoms with E-state index in [0.29, 0.717) is 11.4 Å². The summed E-state index contributed by atoms with van der Waals surface area (Å²) in [5.41, 5.74) is 6.23. The molecular formula is C14H30IN3O. The molecule has 0 amide bonds. The number of aliphatic imine (C=N–C) groups is 1. The minimum absolute atomic E-state index is 0. The Hall–Kier alpha value is -0.0400. The Labute approximate surface area is 135 Å². The van der Waals surface area contributed by atoms with Crippen molar-refractivity contribution in [2.24, 2.45) is 16.1 Å². The Morgan fingerprint density at radius 3 is 2.42 bits per heavy atom. The topological polar surface area (TPSA) is 59.6 Å². The molecule has 0 spiro atoms. The van der Waals surface area contributed by atoms with E-state index in [2.05, 4.69) is 31.1 Å². The first kappa shape index (κ1) is 19.0. The number of halogens is 1. The van der Waals surface area contributed by atoms with Gasteiger partial charge >= 0.3 is 0 Å². The van der Waals surface area contributed by atoms with Crippen LogP contribution in [0.5, 0.6) is 0 Å². The molecule has 0 aromatic carbocycles. The first-order valence-electron chi connectivity index (χ1n) is 7.03. The van der Waals surface area contributed by atoms with Crippen molar-refractivity contribution in [2.75, 3.05) is 19.8 Å². The van der Waals surface area contributed by atoms with Gasteiger partial charge in [0, 0.05) is 25.3 Å². The van der Waals surface area contributed by atoms with E-state index in [4.69, 9.17) is 10.5 Å². The second-order valence-electron chi connectivity index (χ2n) is 6.38. The molecule has 114 valence electrons. The number of nitrogens with two attached hydrogens (primary N) is 1. The maximum atomic E-state index is 5.91. The van der Waals surface area contributed by atoms with E-state index in [1.54, 1.807) is 0 Å². The van der Waals surface area contributed by atoms with Crippen molar-refractivity contribution in [3.63, 3.8) is 0 Å². The number of hydrogen-bond acceptors (Lipinski definition) is 2. The highest BCUT2D eigenvalue weighted by molar-refractivity contribution is 14.0. The molecule has 1 saturated carbocycles. The van der Waals surface area contributed by atoms with E-state index in [1.807, 2.05) is 6.92 Å². The summed E-state index contributed by atoms with van der Waals surface area (Å²) in [4.78, 5) is 4.51. The molecule has 0 bridgehead atoms. The standard InChI is InChI=1S/C14H29N3O.HI/c1-5-18-10-9-14(7-6-8-14)11-16-12(15)17-13(2,3)4;/h5-11H2,1-4H3,(H3,15,16,17);1H. The van der Waals surface area contributed by atoms with Crippen LogP contribution in [-0.2, 0) is 4.74 Å². The maximum Gasteiger partial charge on any atom is 0.189 e. The first-order valence-corrected chi connectivity index (χ1v) is 7.03. The number of nitrogens with one attached hydrogen (secondary N) is 1. The smallest absolute Gasteiger partial charge is 0.189 e. The summed E-state index contributed by atoms with van der Waals surface area (Å²) in [7, 11) is 0. The van der Waals surface area contributed by atoms with Crippen molar-refractivity contribution in [1.82, 2.24) is 5.32 Å². The molecule has 19 heavy (non-hydrogen) atoms. The molecule has 4 nitrogen and oxygen atoms in total. The van der Waals surface area contributed by atoms with E-state index in [9.17, 15) is 0 Å². The fourth-order valence-electron chi connectivity index (χ4n) is 2.27. The van der Waals surface area contributed by atoms with Crippen molar-refractivity contribution in [3.8, 4) is 0 Å². The summed E-state index contributed by atoms with van der Waals surface area (Å²) in [5, 5.41) is 3.20. The minimum Gasteiger partial charge on any atom is -0.382 e. The van der Waals surface area contributed by atoms with Crippen LogP contribution in [0.1, 0.15) is 53.4 Å². The molecule has 0 saturated heterocycles. The number of rotatable bonds is 6. The number of guanidine groups is 1. The van der Waals surface area contributed by atoms with Gasteiger partial charge in [-0.1, -0.05) is 6.42 Å². The highest BCUT2D eigenvalue weighted by atomic mass is 127. The molecule has 0 heterocycles. The van der Waals surface area contributed by atoms with Crippen LogP contribution >= 0.6 is 24.0 Å². The maximum absolute atomic E-state index is 5.91. The Kier molecular flexibility index (Phi) is 8.27. The van der Waals surface area contributed by atoms with Crippen molar-refractivity contribution >= 4 is 29.9 Å². The molecule has 0 unspecified atom stereocenters. The lowest BCUT2D eigenvalue weighted by molar-refractivity contribution is 0.0609. The van der Waals surface area contributed by atoms with E-state index in [0.717, 1.165) is 26.2 Å². The molecule has 1 fully saturated rings. The lowest BCUT2D eigenvalue weighted by Crippen LogP contribution is -2.46. The summed E-state index contributed by atoms with van der Waals surface area (Å²) in [5.74, 6) is 0.560. The van der Waals surface area contributed by atoms with E-state index in [1.165, 1.54) is 19.3 Å². The average molecular weight is 383 g/mol. The van der Waals surface area contributed by atoms with Crippen molar-refractivity contribution in [3.05, 3.63) is 0 Å². The van der Waals surface area contributed by atoms with Crippen LogP contribution in [0, 0.1) is 5.41 Å². The zero-order valence-electron chi connectivity index (χ0n) is 12.8. The van der Waals surface area contributed by atoms with Crippen molar-refractivity contribution in [2.45, 2.75) is 58.9 Å². The monoisotopic (exact) mass is 383 g/mol. The molecule has 1 aliphatic rings. The molecular weight excluding hydrogens is 353 g/mol. The highest BCUT2D eigenvalue weighted by Gasteiger charge is 2.36. The van der Waals surface area contributed by atoms with Crippen molar-refractivity contribution in [1.29, 1.82) is 0 Å². The third-order valence-electron chi connectivity index (χ3n) is 3.48. The van der Waals surface area contributed by atoms with Gasteiger partial charge in [0.05, 0.1) is 0 Å². The van der Waals surface area contributed by atoms with Gasteiger partial charge in [-0.05, 0) is 52.4 Å². The molecule has 3 N–H and O–H groups in total. The number of nitrogens with zero attached hydrogens (tertiary/aromatic N) is 1. The predicted molar refractivity (Wildman–Crippen MR) is 92.2 cm³/mol. The fourth-order valence-corrected chi connectivity index (χ4v) is 2.27. The fraction of sp³-hybridized carbons (Fsp3) is 0.929. The molecule has 1 rings (SSSR count). The largest absolute Gasteiger partial charge is 0.382 e. The Morgan fingerprint density at radius 1 is 1.37 bits per heavy atom. The zero-order valence-corrected chi connectivity index (χ0v) is 15.1. The molecule has 0 aromatic rings. The average Bonchev–Trinajstić information content (AvgIpc) is 2.18. The van der Waals surface area contributed by atoms with E-state index < -0.39 is 0 Å². The second-order valence-corrected chi connectivity index (χ2v) is 6.38. The van der Waals surface area contributed by atoms with Crippen LogP contribution < -0.4 is 11.1 Å². The summed E-state index contributed by atoms with van der Waals surface area (Å²) < 4.78 is 5.46. The molecule has 0 atom stereocenters. The molecule has 0 radical (unpaired) electrons. The van der Waals surface area contributed by atoms with Crippen LogP contribution in [0.25, 0.3) is 0 Å². The Balaban J connectivity index is 0.00000324. The summed E-state index contributed by atoms with van der Waals surface area (Å²) in [6.07, 6.45) is 4.93. The van der Waals surface area contributed by atoms with Crippen LogP contribution in [0.4, 0.5) is 0 Å². The molecule has 0 aromatic heterocycles. The van der Waals surface area contributed by atoms with Crippen LogP contribution in [-0.4, -0.2) is 31.3 Å². The SMILES string of the molecule is CCOCCC1(CN=C(N)NC(C)(C)C)CCC1.I. The van der Waals surface area contributed by atoms with Crippen molar-refractivity contribution < 1.29 is 4.74 Å². The highest BCUT2D eigenvalue weighted by Crippen LogP contribution is 2.44. The zero-order chi connectivity index (χ0) is 13.6. The molecule has 0 aliphatic heterocycles. The quantitative estimate of drug-likeness (QED) is 0.321. The lowest BCUT2D eigenvalue weighted by Gasteiger charge is -2.41. The van der Waals surface area contributed by atoms with Gasteiger partial charge in [-0.3, -0.25) is 4.99 Å². The van der Waals surface area contributed by atoms with Gasteiger partial charge < -0.3 is 15.8 Å². The predicted octanol–water partition coefficient (Wildman–Crippen LogP) is 2.90. The van der Waals surface area contributed by atoms with Crippen LogP contribution in [0.15, 0.2) is 4.99 Å². The molecule has 5 heteroatoms. The summed E-state index contributed by atoms with van der Waals surface area (Å²) in [6, 6.07) is 0. The van der Waals surface area contributed by atoms with Gasteiger partial charge in [-0.15, -0.1) is 24.0 Å². The van der Waals surface area contributed by atoms with Crippen LogP contribution in [0.3, 0.4) is 0 Å². The van der Waals surface area contributed by atoms with Gasteiger partial charge in [-0.25, -0.2) is 0 Å². The van der Waals surface area contributed by atoms with Gasteiger partial charge in [0.2, 0.25) is 0 Å². The number of hydrogen-bond donors (Lipinski definition) is 2. The Bertz CT molecular complexity index is 283. The second kappa shape index (κ2) is 8.29. The lowest BCUT2D eigenvalue weighted by atomic mass is 9.67. The Morgan fingerprint density at radius 2 is 2.00 bits per heavy atom. The normalized spacial score (nSPS) is 18.4. The van der Waals surface area contributed by atoms with E-state index >= 15 is 0 Å². The summed E-state index contributed by atoms with van der Waals surface area (Å²) in [6.45, 7) is 10.8. The third kappa shape index (κ3) is 7.34. The van der Waals surface area contributed by atoms with E-state index in [-0.39, 0.29) is 29.5 Å². The van der Waals surface area contributed by atoms with Crippen LogP contribution in [0.2, 0.25) is 0 Å². The molecule has 1 aliphatic carbocycles. The first-order chi connectivity index (χ1) is 8.37. The van der Waals surface area contributed by atoms with Gasteiger partial charge in [-0.2, -0.15) is 0 Å². The minimum atomic E-state index is -0.0221.